The van der Waals surface area contributed by atoms with Gasteiger partial charge < -0.3 is 5.32 Å². The molecule has 1 atom stereocenters. The molecule has 0 aromatic heterocycles. The lowest BCUT2D eigenvalue weighted by atomic mass is 9.99. The van der Waals surface area contributed by atoms with Crippen LogP contribution >= 0.6 is 11.6 Å². The number of nitrogens with one attached hydrogen (secondary N) is 1. The van der Waals surface area contributed by atoms with Crippen molar-refractivity contribution in [1.82, 2.24) is 5.32 Å². The van der Waals surface area contributed by atoms with Gasteiger partial charge in [0.2, 0.25) is 0 Å². The molecule has 1 N–H and O–H groups in total. The predicted molar refractivity (Wildman–Crippen MR) is 73.3 cm³/mol. The van der Waals surface area contributed by atoms with Gasteiger partial charge in [-0.1, -0.05) is 29.8 Å². The van der Waals surface area contributed by atoms with Gasteiger partial charge in [0.15, 0.2) is 11.6 Å². The van der Waals surface area contributed by atoms with Gasteiger partial charge in [0.25, 0.3) is 0 Å². The molecule has 0 bridgehead atoms. The molecule has 0 spiro atoms. The van der Waals surface area contributed by atoms with Crippen molar-refractivity contribution in [2.75, 3.05) is 7.05 Å². The summed E-state index contributed by atoms with van der Waals surface area (Å²) in [6.07, 6.45) is 0.579. The Morgan fingerprint density at radius 2 is 1.74 bits per heavy atom. The van der Waals surface area contributed by atoms with Crippen LogP contribution < -0.4 is 5.32 Å². The molecule has 0 aliphatic rings. The summed E-state index contributed by atoms with van der Waals surface area (Å²) in [4.78, 5) is 0. The number of halogens is 3. The van der Waals surface area contributed by atoms with Crippen LogP contribution in [0.5, 0.6) is 0 Å². The summed E-state index contributed by atoms with van der Waals surface area (Å²) in [5, 5.41) is 3.83. The van der Waals surface area contributed by atoms with E-state index in [9.17, 15) is 8.78 Å². The van der Waals surface area contributed by atoms with Crippen LogP contribution in [0.2, 0.25) is 5.02 Å². The van der Waals surface area contributed by atoms with Crippen molar-refractivity contribution in [1.29, 1.82) is 0 Å². The van der Waals surface area contributed by atoms with E-state index < -0.39 is 11.6 Å². The zero-order chi connectivity index (χ0) is 13.8. The Morgan fingerprint density at radius 3 is 2.32 bits per heavy atom. The number of likely N-dealkylation sites (N-methyl/N-ethyl adjacent to an activating group) is 1. The summed E-state index contributed by atoms with van der Waals surface area (Å²) in [5.41, 5.74) is 1.80. The summed E-state index contributed by atoms with van der Waals surface area (Å²) in [5.74, 6) is -1.64. The topological polar surface area (TPSA) is 12.0 Å². The van der Waals surface area contributed by atoms with Gasteiger partial charge in [0.05, 0.1) is 0 Å². The molecule has 1 nitrogen and oxygen atoms in total. The molecule has 0 radical (unpaired) electrons. The molecule has 4 heteroatoms. The molecule has 2 aromatic rings. The molecule has 19 heavy (non-hydrogen) atoms. The molecule has 0 aliphatic carbocycles. The van der Waals surface area contributed by atoms with Crippen LogP contribution in [0.25, 0.3) is 0 Å². The summed E-state index contributed by atoms with van der Waals surface area (Å²) >= 11 is 5.85. The van der Waals surface area contributed by atoms with Gasteiger partial charge in [0, 0.05) is 11.1 Å². The van der Waals surface area contributed by atoms with Crippen LogP contribution in [0.15, 0.2) is 42.5 Å². The van der Waals surface area contributed by atoms with Crippen molar-refractivity contribution < 1.29 is 8.78 Å². The van der Waals surface area contributed by atoms with Crippen LogP contribution in [0.3, 0.4) is 0 Å². The second-order valence-corrected chi connectivity index (χ2v) is 4.78. The van der Waals surface area contributed by atoms with E-state index in [2.05, 4.69) is 5.32 Å². The molecular formula is C15H14ClF2N. The largest absolute Gasteiger partial charge is 0.313 e. The average molecular weight is 282 g/mol. The molecular weight excluding hydrogens is 268 g/mol. The Kier molecular flexibility index (Phi) is 4.51. The summed E-state index contributed by atoms with van der Waals surface area (Å²) in [6, 6.07) is 11.5. The van der Waals surface area contributed by atoms with Crippen molar-refractivity contribution in [3.63, 3.8) is 0 Å². The molecule has 0 saturated carbocycles. The van der Waals surface area contributed by atoms with Crippen molar-refractivity contribution in [3.8, 4) is 0 Å². The lowest BCUT2D eigenvalue weighted by molar-refractivity contribution is 0.504. The van der Waals surface area contributed by atoms with Gasteiger partial charge in [-0.3, -0.25) is 0 Å². The fraction of sp³-hybridized carbons (Fsp3) is 0.200. The first-order valence-corrected chi connectivity index (χ1v) is 6.34. The first kappa shape index (κ1) is 14.0. The second-order valence-electron chi connectivity index (χ2n) is 4.35. The minimum atomic E-state index is -0.823. The summed E-state index contributed by atoms with van der Waals surface area (Å²) < 4.78 is 26.1. The normalized spacial score (nSPS) is 12.4. The maximum absolute atomic E-state index is 13.2. The standard InChI is InChI=1S/C15H14ClF2N/c1-19-15(11-3-5-12(16)6-4-11)9-10-2-7-13(17)14(18)8-10/h2-8,15,19H,9H2,1H3. The number of benzene rings is 2. The minimum Gasteiger partial charge on any atom is -0.313 e. The lowest BCUT2D eigenvalue weighted by Crippen LogP contribution is -2.18. The third-order valence-electron chi connectivity index (χ3n) is 3.04. The third kappa shape index (κ3) is 3.52. The Bertz CT molecular complexity index is 555. The van der Waals surface area contributed by atoms with Crippen molar-refractivity contribution in [2.45, 2.75) is 12.5 Å². The van der Waals surface area contributed by atoms with Crippen LogP contribution in [-0.4, -0.2) is 7.05 Å². The quantitative estimate of drug-likeness (QED) is 0.889. The highest BCUT2D eigenvalue weighted by molar-refractivity contribution is 6.30. The van der Waals surface area contributed by atoms with Crippen molar-refractivity contribution in [3.05, 3.63) is 70.2 Å². The maximum atomic E-state index is 13.2. The Balaban J connectivity index is 2.18. The van der Waals surface area contributed by atoms with E-state index in [0.717, 1.165) is 17.2 Å². The zero-order valence-corrected chi connectivity index (χ0v) is 11.2. The van der Waals surface area contributed by atoms with E-state index in [1.807, 2.05) is 31.3 Å². The van der Waals surface area contributed by atoms with Crippen LogP contribution in [-0.2, 0) is 6.42 Å². The molecule has 2 aromatic carbocycles. The van der Waals surface area contributed by atoms with Gasteiger partial charge in [-0.25, -0.2) is 8.78 Å². The van der Waals surface area contributed by atoms with Gasteiger partial charge in [-0.05, 0) is 48.9 Å². The van der Waals surface area contributed by atoms with E-state index >= 15 is 0 Å². The number of rotatable bonds is 4. The molecule has 2 rings (SSSR count). The van der Waals surface area contributed by atoms with Crippen LogP contribution in [0.1, 0.15) is 17.2 Å². The zero-order valence-electron chi connectivity index (χ0n) is 10.5. The third-order valence-corrected chi connectivity index (χ3v) is 3.30. The first-order valence-electron chi connectivity index (χ1n) is 5.97. The molecule has 1 unspecified atom stereocenters. The van der Waals surface area contributed by atoms with E-state index in [-0.39, 0.29) is 6.04 Å². The highest BCUT2D eigenvalue weighted by Crippen LogP contribution is 2.21. The Morgan fingerprint density at radius 1 is 1.05 bits per heavy atom. The van der Waals surface area contributed by atoms with Gasteiger partial charge in [-0.15, -0.1) is 0 Å². The Labute approximate surface area is 116 Å². The van der Waals surface area contributed by atoms with Crippen molar-refractivity contribution in [2.24, 2.45) is 0 Å². The van der Waals surface area contributed by atoms with Gasteiger partial charge >= 0.3 is 0 Å². The average Bonchev–Trinajstić information content (AvgIpc) is 2.41. The SMILES string of the molecule is CNC(Cc1ccc(F)c(F)c1)c1ccc(Cl)cc1. The van der Waals surface area contributed by atoms with E-state index in [1.54, 1.807) is 6.07 Å². The van der Waals surface area contributed by atoms with Crippen LogP contribution in [0.4, 0.5) is 8.78 Å². The molecule has 0 aliphatic heterocycles. The van der Waals surface area contributed by atoms with E-state index in [1.165, 1.54) is 6.07 Å². The fourth-order valence-electron chi connectivity index (χ4n) is 1.98. The fourth-order valence-corrected chi connectivity index (χ4v) is 2.11. The van der Waals surface area contributed by atoms with E-state index in [0.29, 0.717) is 11.4 Å². The second kappa shape index (κ2) is 6.13. The highest BCUT2D eigenvalue weighted by Gasteiger charge is 2.11. The molecule has 0 heterocycles. The van der Waals surface area contributed by atoms with Crippen LogP contribution in [0, 0.1) is 11.6 Å². The smallest absolute Gasteiger partial charge is 0.159 e. The lowest BCUT2D eigenvalue weighted by Gasteiger charge is -2.17. The maximum Gasteiger partial charge on any atom is 0.159 e. The van der Waals surface area contributed by atoms with Crippen molar-refractivity contribution >= 4 is 11.6 Å². The minimum absolute atomic E-state index is 0.0297. The Hall–Kier alpha value is -1.45. The molecule has 0 amide bonds. The first-order chi connectivity index (χ1) is 9.10. The molecule has 100 valence electrons. The summed E-state index contributed by atoms with van der Waals surface area (Å²) in [6.45, 7) is 0. The number of hydrogen-bond acceptors (Lipinski definition) is 1. The molecule has 0 fully saturated rings. The molecule has 0 saturated heterocycles. The predicted octanol–water partition coefficient (Wildman–Crippen LogP) is 4.12. The highest BCUT2D eigenvalue weighted by atomic mass is 35.5. The van der Waals surface area contributed by atoms with Gasteiger partial charge in [0.1, 0.15) is 0 Å². The van der Waals surface area contributed by atoms with Gasteiger partial charge in [-0.2, -0.15) is 0 Å². The van der Waals surface area contributed by atoms with E-state index in [4.69, 9.17) is 11.6 Å². The monoisotopic (exact) mass is 281 g/mol. The summed E-state index contributed by atoms with van der Waals surface area (Å²) in [7, 11) is 1.83. The number of hydrogen-bond donors (Lipinski definition) is 1.